The molecule has 1 N–H and O–H groups in total. The molecule has 0 unspecified atom stereocenters. The number of methoxy groups -OCH3 is 1. The molecule has 0 radical (unpaired) electrons. The number of H-pyrrole nitrogens is 1. The number of hydrogen-bond donors (Lipinski definition) is 1. The number of nitrogens with zero attached hydrogens (tertiary/aromatic N) is 1. The Kier molecular flexibility index (Phi) is 3.44. The molecule has 0 bridgehead atoms. The summed E-state index contributed by atoms with van der Waals surface area (Å²) in [5.74, 6) is 0.862. The lowest BCUT2D eigenvalue weighted by Crippen LogP contribution is -2.38. The zero-order valence-electron chi connectivity index (χ0n) is 11.8. The minimum Gasteiger partial charge on any atom is -0.370 e. The molecular weight excluding hydrogens is 268 g/mol. The molecular formula is C16H18N2OS. The average molecular weight is 286 g/mol. The first-order valence-electron chi connectivity index (χ1n) is 6.88. The molecule has 1 aromatic heterocycles. The van der Waals surface area contributed by atoms with E-state index in [1.54, 1.807) is 7.11 Å². The van der Waals surface area contributed by atoms with Crippen LogP contribution in [0.15, 0.2) is 30.3 Å². The van der Waals surface area contributed by atoms with Gasteiger partial charge in [-0.15, -0.1) is 0 Å². The number of aromatic amines is 1. The van der Waals surface area contributed by atoms with Crippen molar-refractivity contribution >= 4 is 12.2 Å². The van der Waals surface area contributed by atoms with E-state index >= 15 is 0 Å². The van der Waals surface area contributed by atoms with E-state index in [2.05, 4.69) is 22.1 Å². The summed E-state index contributed by atoms with van der Waals surface area (Å²) in [7, 11) is 1.75. The second kappa shape index (κ2) is 5.11. The van der Waals surface area contributed by atoms with Gasteiger partial charge < -0.3 is 9.72 Å². The van der Waals surface area contributed by atoms with Crippen LogP contribution in [0.3, 0.4) is 0 Å². The van der Waals surface area contributed by atoms with Crippen LogP contribution in [-0.2, 0) is 10.3 Å². The van der Waals surface area contributed by atoms with Crippen LogP contribution in [0.5, 0.6) is 0 Å². The van der Waals surface area contributed by atoms with Crippen LogP contribution in [0.2, 0.25) is 0 Å². The van der Waals surface area contributed by atoms with E-state index in [4.69, 9.17) is 17.0 Å². The Morgan fingerprint density at radius 3 is 2.50 bits per heavy atom. The van der Waals surface area contributed by atoms with E-state index in [0.717, 1.165) is 35.5 Å². The summed E-state index contributed by atoms with van der Waals surface area (Å²) in [6.07, 6.45) is 3.17. The second-order valence-electron chi connectivity index (χ2n) is 5.31. The van der Waals surface area contributed by atoms with Crippen molar-refractivity contribution < 1.29 is 4.74 Å². The predicted octanol–water partition coefficient (Wildman–Crippen LogP) is 4.14. The lowest BCUT2D eigenvalue weighted by atomic mass is 9.79. The third-order valence-corrected chi connectivity index (χ3v) is 4.60. The Balaban J connectivity index is 2.16. The topological polar surface area (TPSA) is 37.9 Å². The van der Waals surface area contributed by atoms with Crippen LogP contribution in [-0.4, -0.2) is 17.1 Å². The van der Waals surface area contributed by atoms with Gasteiger partial charge in [0, 0.05) is 12.7 Å². The minimum atomic E-state index is -0.273. The van der Waals surface area contributed by atoms with Crippen molar-refractivity contribution in [1.82, 2.24) is 9.97 Å². The number of aromatic nitrogens is 2. The molecule has 0 saturated heterocycles. The largest absolute Gasteiger partial charge is 0.370 e. The Morgan fingerprint density at radius 2 is 1.95 bits per heavy atom. The van der Waals surface area contributed by atoms with Crippen molar-refractivity contribution in [3.05, 3.63) is 46.4 Å². The van der Waals surface area contributed by atoms with Crippen LogP contribution >= 0.6 is 12.2 Å². The number of rotatable bonds is 3. The highest BCUT2D eigenvalue weighted by Gasteiger charge is 2.41. The third-order valence-electron chi connectivity index (χ3n) is 4.20. The monoisotopic (exact) mass is 286 g/mol. The summed E-state index contributed by atoms with van der Waals surface area (Å²) in [6.45, 7) is 2.01. The Bertz CT molecular complexity index is 669. The van der Waals surface area contributed by atoms with Gasteiger partial charge in [0.1, 0.15) is 16.1 Å². The molecule has 1 aliphatic carbocycles. The van der Waals surface area contributed by atoms with Gasteiger partial charge in [-0.25, -0.2) is 4.98 Å². The number of benzene rings is 1. The highest BCUT2D eigenvalue weighted by Crippen LogP contribution is 2.43. The molecule has 0 aliphatic heterocycles. The van der Waals surface area contributed by atoms with Crippen LogP contribution < -0.4 is 0 Å². The van der Waals surface area contributed by atoms with Crippen molar-refractivity contribution in [2.24, 2.45) is 0 Å². The summed E-state index contributed by atoms with van der Waals surface area (Å²) < 4.78 is 6.36. The fourth-order valence-corrected chi connectivity index (χ4v) is 2.87. The summed E-state index contributed by atoms with van der Waals surface area (Å²) in [6, 6.07) is 10.2. The van der Waals surface area contributed by atoms with Gasteiger partial charge in [0.05, 0.1) is 5.69 Å². The first-order chi connectivity index (χ1) is 9.66. The molecule has 104 valence electrons. The molecule has 2 aromatic rings. The molecule has 3 rings (SSSR count). The minimum absolute atomic E-state index is 0.273. The van der Waals surface area contributed by atoms with E-state index in [1.165, 1.54) is 6.42 Å². The Hall–Kier alpha value is -1.52. The predicted molar refractivity (Wildman–Crippen MR) is 82.1 cm³/mol. The van der Waals surface area contributed by atoms with Crippen molar-refractivity contribution in [2.75, 3.05) is 7.11 Å². The number of ether oxygens (including phenoxy) is 1. The molecule has 3 nitrogen and oxygen atoms in total. The standard InChI is InChI=1S/C16H18N2OS/c1-11-13(12-7-4-3-5-8-12)17-15(18-14(11)20)16(19-2)9-6-10-16/h3-5,7-8H,6,9-10H2,1-2H3,(H,17,18,20). The fourth-order valence-electron chi connectivity index (χ4n) is 2.68. The first-order valence-corrected chi connectivity index (χ1v) is 7.29. The highest BCUT2D eigenvalue weighted by molar-refractivity contribution is 7.71. The van der Waals surface area contributed by atoms with E-state index in [1.807, 2.05) is 25.1 Å². The lowest BCUT2D eigenvalue weighted by Gasteiger charge is -2.39. The quantitative estimate of drug-likeness (QED) is 0.862. The molecule has 1 aliphatic rings. The van der Waals surface area contributed by atoms with Gasteiger partial charge in [-0.3, -0.25) is 0 Å². The summed E-state index contributed by atoms with van der Waals surface area (Å²) in [5.41, 5.74) is 2.92. The molecule has 1 saturated carbocycles. The zero-order chi connectivity index (χ0) is 14.2. The van der Waals surface area contributed by atoms with Gasteiger partial charge in [-0.2, -0.15) is 0 Å². The molecule has 0 amide bonds. The molecule has 4 heteroatoms. The maximum absolute atomic E-state index is 5.71. The van der Waals surface area contributed by atoms with Gasteiger partial charge in [-0.05, 0) is 31.7 Å². The maximum atomic E-state index is 5.71. The SMILES string of the molecule is COC1(c2nc(=S)c(C)c(-c3ccccc3)[nH]2)CCC1. The van der Waals surface area contributed by atoms with E-state index in [0.29, 0.717) is 4.64 Å². The fraction of sp³-hybridized carbons (Fsp3) is 0.375. The summed E-state index contributed by atoms with van der Waals surface area (Å²) in [5, 5.41) is 0. The Morgan fingerprint density at radius 1 is 1.25 bits per heavy atom. The van der Waals surface area contributed by atoms with Crippen molar-refractivity contribution in [2.45, 2.75) is 31.8 Å². The van der Waals surface area contributed by atoms with Crippen molar-refractivity contribution in [3.8, 4) is 11.3 Å². The molecule has 1 fully saturated rings. The van der Waals surface area contributed by atoms with Gasteiger partial charge in [-0.1, -0.05) is 42.5 Å². The van der Waals surface area contributed by atoms with Crippen molar-refractivity contribution in [3.63, 3.8) is 0 Å². The van der Waals surface area contributed by atoms with Gasteiger partial charge in [0.25, 0.3) is 0 Å². The summed E-state index contributed by atoms with van der Waals surface area (Å²) in [4.78, 5) is 8.02. The van der Waals surface area contributed by atoms with E-state index in [-0.39, 0.29) is 5.60 Å². The lowest BCUT2D eigenvalue weighted by molar-refractivity contribution is -0.0846. The van der Waals surface area contributed by atoms with Crippen LogP contribution in [0.25, 0.3) is 11.3 Å². The number of hydrogen-bond acceptors (Lipinski definition) is 3. The van der Waals surface area contributed by atoms with Crippen LogP contribution in [0.4, 0.5) is 0 Å². The van der Waals surface area contributed by atoms with E-state index in [9.17, 15) is 0 Å². The first kappa shape index (κ1) is 13.5. The molecule has 20 heavy (non-hydrogen) atoms. The van der Waals surface area contributed by atoms with Gasteiger partial charge in [0.2, 0.25) is 0 Å². The second-order valence-corrected chi connectivity index (χ2v) is 5.70. The van der Waals surface area contributed by atoms with Crippen LogP contribution in [0, 0.1) is 11.6 Å². The molecule has 1 aromatic carbocycles. The normalized spacial score (nSPS) is 16.7. The number of nitrogens with one attached hydrogen (secondary N) is 1. The average Bonchev–Trinajstić information content (AvgIpc) is 2.43. The molecule has 0 spiro atoms. The Labute approximate surface area is 124 Å². The smallest absolute Gasteiger partial charge is 0.140 e. The van der Waals surface area contributed by atoms with Crippen LogP contribution in [0.1, 0.15) is 30.7 Å². The maximum Gasteiger partial charge on any atom is 0.140 e. The zero-order valence-corrected chi connectivity index (χ0v) is 12.6. The van der Waals surface area contributed by atoms with E-state index < -0.39 is 0 Å². The third kappa shape index (κ3) is 2.09. The van der Waals surface area contributed by atoms with Gasteiger partial charge in [0.15, 0.2) is 0 Å². The molecule has 1 heterocycles. The summed E-state index contributed by atoms with van der Waals surface area (Å²) >= 11 is 5.43. The molecule has 0 atom stereocenters. The highest BCUT2D eigenvalue weighted by atomic mass is 32.1. The van der Waals surface area contributed by atoms with Gasteiger partial charge >= 0.3 is 0 Å². The van der Waals surface area contributed by atoms with Crippen molar-refractivity contribution in [1.29, 1.82) is 0 Å².